The van der Waals surface area contributed by atoms with Crippen molar-refractivity contribution in [1.82, 2.24) is 20.6 Å². The first-order valence-corrected chi connectivity index (χ1v) is 9.89. The van der Waals surface area contributed by atoms with E-state index in [9.17, 15) is 9.59 Å². The van der Waals surface area contributed by atoms with Gasteiger partial charge < -0.3 is 4.74 Å². The van der Waals surface area contributed by atoms with Crippen molar-refractivity contribution in [2.24, 2.45) is 0 Å². The molecule has 0 saturated carbocycles. The summed E-state index contributed by atoms with van der Waals surface area (Å²) in [6, 6.07) is 24.7. The van der Waals surface area contributed by atoms with Gasteiger partial charge >= 0.3 is 0 Å². The largest absolute Gasteiger partial charge is 0.481 e. The highest BCUT2D eigenvalue weighted by Crippen LogP contribution is 2.21. The van der Waals surface area contributed by atoms with E-state index in [0.717, 1.165) is 22.2 Å². The SMILES string of the molecule is Cc1cc(C(=O)NNC(=O)C(C)Oc2ccc3ccccc3c2)nn1-c1ccccc1. The third-order valence-electron chi connectivity index (χ3n) is 4.82. The first kappa shape index (κ1) is 20.2. The number of nitrogens with one attached hydrogen (secondary N) is 2. The van der Waals surface area contributed by atoms with Crippen molar-refractivity contribution in [3.8, 4) is 11.4 Å². The minimum Gasteiger partial charge on any atom is -0.481 e. The van der Waals surface area contributed by atoms with Crippen LogP contribution in [0.25, 0.3) is 16.5 Å². The molecule has 0 radical (unpaired) electrons. The van der Waals surface area contributed by atoms with E-state index in [1.54, 1.807) is 17.7 Å². The summed E-state index contributed by atoms with van der Waals surface area (Å²) in [6.07, 6.45) is -0.801. The van der Waals surface area contributed by atoms with Crippen LogP contribution in [0.5, 0.6) is 5.75 Å². The number of aryl methyl sites for hydroxylation is 1. The number of benzene rings is 3. The van der Waals surface area contributed by atoms with Gasteiger partial charge in [0.05, 0.1) is 5.69 Å². The molecule has 156 valence electrons. The number of carbonyl (C=O) groups excluding carboxylic acids is 2. The summed E-state index contributed by atoms with van der Waals surface area (Å²) in [5.41, 5.74) is 6.63. The van der Waals surface area contributed by atoms with Gasteiger partial charge in [0, 0.05) is 5.69 Å². The molecule has 2 amide bonds. The van der Waals surface area contributed by atoms with E-state index >= 15 is 0 Å². The lowest BCUT2D eigenvalue weighted by molar-refractivity contribution is -0.128. The molecule has 1 heterocycles. The number of aromatic nitrogens is 2. The van der Waals surface area contributed by atoms with Gasteiger partial charge in [-0.05, 0) is 55.0 Å². The summed E-state index contributed by atoms with van der Waals surface area (Å²) in [5.74, 6) is -0.408. The first-order chi connectivity index (χ1) is 15.0. The molecular formula is C24H22N4O3. The lowest BCUT2D eigenvalue weighted by atomic mass is 10.1. The van der Waals surface area contributed by atoms with Crippen molar-refractivity contribution < 1.29 is 14.3 Å². The van der Waals surface area contributed by atoms with Crippen molar-refractivity contribution in [3.63, 3.8) is 0 Å². The summed E-state index contributed by atoms with van der Waals surface area (Å²) < 4.78 is 7.39. The van der Waals surface area contributed by atoms with Crippen LogP contribution in [0.4, 0.5) is 0 Å². The van der Waals surface area contributed by atoms with Crippen LogP contribution >= 0.6 is 0 Å². The highest BCUT2D eigenvalue weighted by Gasteiger charge is 2.18. The Kier molecular flexibility index (Phi) is 5.66. The summed E-state index contributed by atoms with van der Waals surface area (Å²) in [7, 11) is 0. The topological polar surface area (TPSA) is 85.2 Å². The zero-order chi connectivity index (χ0) is 21.8. The fourth-order valence-electron chi connectivity index (χ4n) is 3.20. The Morgan fingerprint density at radius 1 is 0.903 bits per heavy atom. The number of carbonyl (C=O) groups is 2. The van der Waals surface area contributed by atoms with E-state index < -0.39 is 17.9 Å². The number of nitrogens with zero attached hydrogens (tertiary/aromatic N) is 2. The van der Waals surface area contributed by atoms with E-state index in [1.165, 1.54) is 0 Å². The molecule has 4 aromatic rings. The van der Waals surface area contributed by atoms with Crippen LogP contribution in [0.2, 0.25) is 0 Å². The molecule has 7 nitrogen and oxygen atoms in total. The predicted molar refractivity (Wildman–Crippen MR) is 118 cm³/mol. The molecule has 1 unspecified atom stereocenters. The van der Waals surface area contributed by atoms with Gasteiger partial charge in [-0.1, -0.05) is 48.5 Å². The van der Waals surface area contributed by atoms with Crippen molar-refractivity contribution >= 4 is 22.6 Å². The maximum absolute atomic E-state index is 12.4. The molecule has 7 heteroatoms. The van der Waals surface area contributed by atoms with Gasteiger partial charge in [0.25, 0.3) is 11.8 Å². The normalized spacial score (nSPS) is 11.7. The van der Waals surface area contributed by atoms with Crippen LogP contribution in [0.1, 0.15) is 23.1 Å². The van der Waals surface area contributed by atoms with Crippen molar-refractivity contribution in [2.75, 3.05) is 0 Å². The first-order valence-electron chi connectivity index (χ1n) is 9.89. The molecular weight excluding hydrogens is 392 g/mol. The van der Waals surface area contributed by atoms with Gasteiger partial charge in [0.1, 0.15) is 5.75 Å². The zero-order valence-corrected chi connectivity index (χ0v) is 17.2. The lowest BCUT2D eigenvalue weighted by Gasteiger charge is -2.15. The fourth-order valence-corrected chi connectivity index (χ4v) is 3.20. The monoisotopic (exact) mass is 414 g/mol. The second-order valence-corrected chi connectivity index (χ2v) is 7.13. The van der Waals surface area contributed by atoms with Crippen LogP contribution in [0.15, 0.2) is 78.9 Å². The molecule has 0 fully saturated rings. The van der Waals surface area contributed by atoms with Gasteiger partial charge in [0.15, 0.2) is 11.8 Å². The van der Waals surface area contributed by atoms with E-state index in [1.807, 2.05) is 79.7 Å². The van der Waals surface area contributed by atoms with Gasteiger partial charge in [0.2, 0.25) is 0 Å². The second kappa shape index (κ2) is 8.71. The van der Waals surface area contributed by atoms with Crippen molar-refractivity contribution in [2.45, 2.75) is 20.0 Å². The molecule has 0 spiro atoms. The third-order valence-corrected chi connectivity index (χ3v) is 4.82. The van der Waals surface area contributed by atoms with Gasteiger partial charge in [-0.2, -0.15) is 5.10 Å². The molecule has 0 aliphatic rings. The number of amides is 2. The Bertz CT molecular complexity index is 1230. The number of hydrazine groups is 1. The maximum atomic E-state index is 12.4. The minimum absolute atomic E-state index is 0.199. The molecule has 1 aromatic heterocycles. The number of rotatable bonds is 5. The van der Waals surface area contributed by atoms with E-state index in [4.69, 9.17) is 4.74 Å². The molecule has 4 rings (SSSR count). The fraction of sp³-hybridized carbons (Fsp3) is 0.125. The Morgan fingerprint density at radius 3 is 2.39 bits per heavy atom. The molecule has 0 bridgehead atoms. The number of hydrogen-bond acceptors (Lipinski definition) is 4. The van der Waals surface area contributed by atoms with Crippen molar-refractivity contribution in [1.29, 1.82) is 0 Å². The van der Waals surface area contributed by atoms with Gasteiger partial charge in [-0.3, -0.25) is 20.4 Å². The Morgan fingerprint density at radius 2 is 1.61 bits per heavy atom. The van der Waals surface area contributed by atoms with E-state index in [2.05, 4.69) is 16.0 Å². The zero-order valence-electron chi connectivity index (χ0n) is 17.2. The highest BCUT2D eigenvalue weighted by molar-refractivity contribution is 5.94. The van der Waals surface area contributed by atoms with Crippen LogP contribution in [0.3, 0.4) is 0 Å². The smallest absolute Gasteiger partial charge is 0.290 e. The van der Waals surface area contributed by atoms with Crippen LogP contribution in [-0.4, -0.2) is 27.7 Å². The quantitative estimate of drug-likeness (QED) is 0.489. The number of ether oxygens (including phenoxy) is 1. The number of fused-ring (bicyclic) bond motifs is 1. The molecule has 31 heavy (non-hydrogen) atoms. The summed E-state index contributed by atoms with van der Waals surface area (Å²) in [5, 5.41) is 6.43. The van der Waals surface area contributed by atoms with E-state index in [-0.39, 0.29) is 5.69 Å². The minimum atomic E-state index is -0.801. The molecule has 2 N–H and O–H groups in total. The molecule has 3 aromatic carbocycles. The van der Waals surface area contributed by atoms with Crippen LogP contribution in [0, 0.1) is 6.92 Å². The molecule has 1 atom stereocenters. The predicted octanol–water partition coefficient (Wildman–Crippen LogP) is 3.56. The van der Waals surface area contributed by atoms with Crippen LogP contribution < -0.4 is 15.6 Å². The number of hydrogen-bond donors (Lipinski definition) is 2. The number of para-hydroxylation sites is 1. The average Bonchev–Trinajstić information content (AvgIpc) is 3.19. The van der Waals surface area contributed by atoms with Crippen molar-refractivity contribution in [3.05, 3.63) is 90.3 Å². The standard InChI is InChI=1S/C24H22N4O3/c1-16-14-22(27-28(16)20-10-4-3-5-11-20)24(30)26-25-23(29)17(2)31-21-13-12-18-8-6-7-9-19(18)15-21/h3-15,17H,1-2H3,(H,25,29)(H,26,30). The summed E-state index contributed by atoms with van der Waals surface area (Å²) in [6.45, 7) is 3.47. The second-order valence-electron chi connectivity index (χ2n) is 7.13. The highest BCUT2D eigenvalue weighted by atomic mass is 16.5. The summed E-state index contributed by atoms with van der Waals surface area (Å²) >= 11 is 0. The van der Waals surface area contributed by atoms with Gasteiger partial charge in [-0.15, -0.1) is 0 Å². The average molecular weight is 414 g/mol. The van der Waals surface area contributed by atoms with Crippen LogP contribution in [-0.2, 0) is 4.79 Å². The Labute approximate surface area is 179 Å². The molecule has 0 aliphatic carbocycles. The molecule has 0 aliphatic heterocycles. The molecule has 0 saturated heterocycles. The summed E-state index contributed by atoms with van der Waals surface area (Å²) in [4.78, 5) is 24.8. The van der Waals surface area contributed by atoms with E-state index in [0.29, 0.717) is 5.75 Å². The lowest BCUT2D eigenvalue weighted by Crippen LogP contribution is -2.47. The third kappa shape index (κ3) is 4.56. The maximum Gasteiger partial charge on any atom is 0.290 e. The Hall–Kier alpha value is -4.13. The van der Waals surface area contributed by atoms with Gasteiger partial charge in [-0.25, -0.2) is 4.68 Å². The Balaban J connectivity index is 1.36.